The van der Waals surface area contributed by atoms with Gasteiger partial charge in [0.05, 0.1) is 6.42 Å². The molecule has 2 aromatic carbocycles. The molecule has 4 heteroatoms. The summed E-state index contributed by atoms with van der Waals surface area (Å²) in [5.74, 6) is -0.139. The molecule has 2 amide bonds. The first-order valence-electron chi connectivity index (χ1n) is 10.3. The van der Waals surface area contributed by atoms with Gasteiger partial charge in [-0.1, -0.05) is 66.6 Å². The van der Waals surface area contributed by atoms with Gasteiger partial charge in [-0.05, 0) is 52.2 Å². The van der Waals surface area contributed by atoms with Crippen molar-refractivity contribution in [3.8, 4) is 0 Å². The molecule has 0 aliphatic carbocycles. The van der Waals surface area contributed by atoms with Gasteiger partial charge in [0.15, 0.2) is 0 Å². The zero-order valence-electron chi connectivity index (χ0n) is 18.6. The van der Waals surface area contributed by atoms with Gasteiger partial charge in [-0.25, -0.2) is 0 Å². The highest BCUT2D eigenvalue weighted by atomic mass is 16.2. The van der Waals surface area contributed by atoms with Crippen LogP contribution in [0.4, 0.5) is 0 Å². The molecular weight excluding hydrogens is 360 g/mol. The second kappa shape index (κ2) is 9.73. The lowest BCUT2D eigenvalue weighted by molar-refractivity contribution is -0.141. The summed E-state index contributed by atoms with van der Waals surface area (Å²) in [7, 11) is 0. The molecule has 4 nitrogen and oxygen atoms in total. The third kappa shape index (κ3) is 7.04. The first kappa shape index (κ1) is 22.7. The van der Waals surface area contributed by atoms with E-state index in [1.165, 1.54) is 0 Å². The van der Waals surface area contributed by atoms with Crippen LogP contribution in [0.15, 0.2) is 48.5 Å². The Morgan fingerprint density at radius 1 is 0.966 bits per heavy atom. The molecule has 156 valence electrons. The Kier molecular flexibility index (Phi) is 7.60. The lowest BCUT2D eigenvalue weighted by Crippen LogP contribution is -2.53. The van der Waals surface area contributed by atoms with Gasteiger partial charge in [0, 0.05) is 12.1 Å². The minimum Gasteiger partial charge on any atom is -0.350 e. The van der Waals surface area contributed by atoms with E-state index in [1.807, 2.05) is 84.0 Å². The topological polar surface area (TPSA) is 49.4 Å². The van der Waals surface area contributed by atoms with Crippen molar-refractivity contribution in [2.24, 2.45) is 0 Å². The number of rotatable bonds is 7. The SMILES string of the molecule is CC[C@H](C(=O)NC(C)(C)C)N(Cc1ccccc1)C(=O)Cc1cc(C)cc(C)c1. The van der Waals surface area contributed by atoms with E-state index < -0.39 is 6.04 Å². The van der Waals surface area contributed by atoms with Crippen LogP contribution in [0, 0.1) is 13.8 Å². The molecule has 0 saturated heterocycles. The van der Waals surface area contributed by atoms with Crippen LogP contribution in [0.1, 0.15) is 56.4 Å². The summed E-state index contributed by atoms with van der Waals surface area (Å²) < 4.78 is 0. The number of carbonyl (C=O) groups excluding carboxylic acids is 2. The number of hydrogen-bond acceptors (Lipinski definition) is 2. The maximum atomic E-state index is 13.4. The van der Waals surface area contributed by atoms with Gasteiger partial charge in [0.2, 0.25) is 11.8 Å². The van der Waals surface area contributed by atoms with Crippen molar-refractivity contribution in [2.75, 3.05) is 0 Å². The van der Waals surface area contributed by atoms with Gasteiger partial charge < -0.3 is 10.2 Å². The van der Waals surface area contributed by atoms with E-state index in [2.05, 4.69) is 11.4 Å². The average Bonchev–Trinajstić information content (AvgIpc) is 2.60. The van der Waals surface area contributed by atoms with Crippen LogP contribution in [0.5, 0.6) is 0 Å². The van der Waals surface area contributed by atoms with Crippen molar-refractivity contribution in [2.45, 2.75) is 72.5 Å². The number of hydrogen-bond donors (Lipinski definition) is 1. The predicted molar refractivity (Wildman–Crippen MR) is 119 cm³/mol. The van der Waals surface area contributed by atoms with Crippen LogP contribution in [-0.4, -0.2) is 28.3 Å². The third-order valence-electron chi connectivity index (χ3n) is 4.72. The minimum absolute atomic E-state index is 0.0326. The van der Waals surface area contributed by atoms with Crippen LogP contribution in [0.3, 0.4) is 0 Å². The Morgan fingerprint density at radius 2 is 1.55 bits per heavy atom. The summed E-state index contributed by atoms with van der Waals surface area (Å²) in [6, 6.07) is 15.5. The number of aryl methyl sites for hydroxylation is 2. The lowest BCUT2D eigenvalue weighted by Gasteiger charge is -2.33. The van der Waals surface area contributed by atoms with Crippen LogP contribution in [0.2, 0.25) is 0 Å². The van der Waals surface area contributed by atoms with Crippen molar-refractivity contribution in [1.82, 2.24) is 10.2 Å². The maximum absolute atomic E-state index is 13.4. The molecule has 0 saturated carbocycles. The molecular formula is C25H34N2O2. The van der Waals surface area contributed by atoms with Crippen LogP contribution in [0.25, 0.3) is 0 Å². The first-order chi connectivity index (χ1) is 13.6. The maximum Gasteiger partial charge on any atom is 0.243 e. The summed E-state index contributed by atoms with van der Waals surface area (Å²) in [4.78, 5) is 28.1. The molecule has 0 radical (unpaired) electrons. The molecule has 0 aliphatic heterocycles. The van der Waals surface area contributed by atoms with Crippen LogP contribution >= 0.6 is 0 Å². The van der Waals surface area contributed by atoms with Gasteiger partial charge in [-0.3, -0.25) is 9.59 Å². The van der Waals surface area contributed by atoms with Gasteiger partial charge in [0.25, 0.3) is 0 Å². The number of nitrogens with one attached hydrogen (secondary N) is 1. The zero-order valence-corrected chi connectivity index (χ0v) is 18.6. The van der Waals surface area contributed by atoms with E-state index in [-0.39, 0.29) is 23.8 Å². The van der Waals surface area contributed by atoms with E-state index >= 15 is 0 Å². The molecule has 0 aromatic heterocycles. The molecule has 29 heavy (non-hydrogen) atoms. The Labute approximate surface area is 175 Å². The highest BCUT2D eigenvalue weighted by molar-refractivity contribution is 5.88. The van der Waals surface area contributed by atoms with Crippen molar-refractivity contribution in [3.05, 3.63) is 70.8 Å². The van der Waals surface area contributed by atoms with Crippen LogP contribution in [-0.2, 0) is 22.6 Å². The van der Waals surface area contributed by atoms with Gasteiger partial charge in [-0.15, -0.1) is 0 Å². The Morgan fingerprint density at radius 3 is 2.07 bits per heavy atom. The summed E-state index contributed by atoms with van der Waals surface area (Å²) in [5, 5.41) is 3.04. The number of carbonyl (C=O) groups is 2. The molecule has 0 unspecified atom stereocenters. The van der Waals surface area contributed by atoms with E-state index in [0.717, 1.165) is 22.3 Å². The Hall–Kier alpha value is -2.62. The standard InChI is InChI=1S/C25H34N2O2/c1-7-22(24(29)26-25(4,5)6)27(17-20-11-9-8-10-12-20)23(28)16-21-14-18(2)13-19(3)15-21/h8-15,22H,7,16-17H2,1-6H3,(H,26,29)/t22-/m1/s1. The van der Waals surface area contributed by atoms with Crippen molar-refractivity contribution in [3.63, 3.8) is 0 Å². The van der Waals surface area contributed by atoms with Gasteiger partial charge in [-0.2, -0.15) is 0 Å². The summed E-state index contributed by atoms with van der Waals surface area (Å²) in [5.41, 5.74) is 3.93. The predicted octanol–water partition coefficient (Wildman–Crippen LogP) is 4.57. The number of amides is 2. The number of benzene rings is 2. The Bertz CT molecular complexity index is 817. The van der Waals surface area contributed by atoms with Crippen molar-refractivity contribution >= 4 is 11.8 Å². The first-order valence-corrected chi connectivity index (χ1v) is 10.3. The largest absolute Gasteiger partial charge is 0.350 e. The fourth-order valence-corrected chi connectivity index (χ4v) is 3.60. The van der Waals surface area contributed by atoms with E-state index in [4.69, 9.17) is 0 Å². The summed E-state index contributed by atoms with van der Waals surface area (Å²) >= 11 is 0. The molecule has 1 N–H and O–H groups in total. The van der Waals surface area contributed by atoms with Crippen molar-refractivity contribution in [1.29, 1.82) is 0 Å². The van der Waals surface area contributed by atoms with E-state index in [9.17, 15) is 9.59 Å². The molecule has 0 heterocycles. The quantitative estimate of drug-likeness (QED) is 0.748. The highest BCUT2D eigenvalue weighted by Gasteiger charge is 2.30. The minimum atomic E-state index is -0.507. The smallest absolute Gasteiger partial charge is 0.243 e. The second-order valence-corrected chi connectivity index (χ2v) is 8.84. The lowest BCUT2D eigenvalue weighted by atomic mass is 10.0. The molecule has 0 bridgehead atoms. The van der Waals surface area contributed by atoms with Gasteiger partial charge >= 0.3 is 0 Å². The molecule has 0 aliphatic rings. The monoisotopic (exact) mass is 394 g/mol. The summed E-state index contributed by atoms with van der Waals surface area (Å²) in [6.07, 6.45) is 0.849. The number of nitrogens with zero attached hydrogens (tertiary/aromatic N) is 1. The zero-order chi connectivity index (χ0) is 21.6. The second-order valence-electron chi connectivity index (χ2n) is 8.84. The highest BCUT2D eigenvalue weighted by Crippen LogP contribution is 2.17. The Balaban J connectivity index is 2.31. The van der Waals surface area contributed by atoms with Gasteiger partial charge in [0.1, 0.15) is 6.04 Å². The molecule has 2 aromatic rings. The normalized spacial score (nSPS) is 12.3. The van der Waals surface area contributed by atoms with Crippen molar-refractivity contribution < 1.29 is 9.59 Å². The summed E-state index contributed by atoms with van der Waals surface area (Å²) in [6.45, 7) is 12.3. The molecule has 2 rings (SSSR count). The molecule has 1 atom stereocenters. The average molecular weight is 395 g/mol. The third-order valence-corrected chi connectivity index (χ3v) is 4.72. The molecule has 0 fully saturated rings. The van der Waals surface area contributed by atoms with Crippen LogP contribution < -0.4 is 5.32 Å². The van der Waals surface area contributed by atoms with E-state index in [1.54, 1.807) is 4.90 Å². The molecule has 0 spiro atoms. The fraction of sp³-hybridized carbons (Fsp3) is 0.440. The fourth-order valence-electron chi connectivity index (χ4n) is 3.60. The van der Waals surface area contributed by atoms with E-state index in [0.29, 0.717) is 13.0 Å².